The highest BCUT2D eigenvalue weighted by atomic mass is 35.5. The van der Waals surface area contributed by atoms with Gasteiger partial charge in [-0.2, -0.15) is 13.2 Å². The second kappa shape index (κ2) is 13.1. The zero-order valence-corrected chi connectivity index (χ0v) is 25.8. The molecule has 14 heteroatoms. The molecule has 4 aromatic rings. The van der Waals surface area contributed by atoms with Crippen LogP contribution < -0.4 is 9.86 Å². The number of allylic oxidation sites excluding steroid dienone is 1. The fourth-order valence-electron chi connectivity index (χ4n) is 4.84. The molecule has 3 aromatic carbocycles. The summed E-state index contributed by atoms with van der Waals surface area (Å²) in [7, 11) is -4.47. The molecule has 236 valence electrons. The van der Waals surface area contributed by atoms with Gasteiger partial charge in [0, 0.05) is 15.6 Å². The van der Waals surface area contributed by atoms with Crippen molar-refractivity contribution in [1.29, 1.82) is 0 Å². The van der Waals surface area contributed by atoms with Crippen molar-refractivity contribution in [3.8, 4) is 0 Å². The summed E-state index contributed by atoms with van der Waals surface area (Å²) in [6.45, 7) is 3.75. The number of carboxylic acid groups (broad SMARTS) is 1. The number of carboxylic acids is 1. The van der Waals surface area contributed by atoms with E-state index in [0.29, 0.717) is 26.7 Å². The van der Waals surface area contributed by atoms with Crippen molar-refractivity contribution in [2.45, 2.75) is 37.0 Å². The minimum atomic E-state index is -5.08. The zero-order valence-electron chi connectivity index (χ0n) is 23.5. The quantitative estimate of drug-likeness (QED) is 0.216. The van der Waals surface area contributed by atoms with Gasteiger partial charge in [-0.1, -0.05) is 71.2 Å². The molecule has 2 heterocycles. The molecular formula is C31H24Cl2F4N2O5S. The monoisotopic (exact) mass is 682 g/mol. The number of halogens is 6. The van der Waals surface area contributed by atoms with E-state index in [1.165, 1.54) is 22.8 Å². The van der Waals surface area contributed by atoms with Gasteiger partial charge in [0.15, 0.2) is 0 Å². The van der Waals surface area contributed by atoms with Crippen LogP contribution in [-0.4, -0.2) is 30.2 Å². The Morgan fingerprint density at radius 1 is 0.844 bits per heavy atom. The van der Waals surface area contributed by atoms with Crippen molar-refractivity contribution in [2.75, 3.05) is 4.31 Å². The summed E-state index contributed by atoms with van der Waals surface area (Å²) in [6, 6.07) is 20.3. The van der Waals surface area contributed by atoms with E-state index >= 15 is 0 Å². The number of hydrogen-bond acceptors (Lipinski definition) is 4. The number of rotatable bonds is 5. The average Bonchev–Trinajstić information content (AvgIpc) is 3.32. The van der Waals surface area contributed by atoms with Gasteiger partial charge in [-0.15, -0.1) is 0 Å². The molecule has 45 heavy (non-hydrogen) atoms. The number of sulfonamides is 1. The largest absolute Gasteiger partial charge is 0.490 e. The van der Waals surface area contributed by atoms with Gasteiger partial charge in [-0.3, -0.25) is 9.36 Å². The lowest BCUT2D eigenvalue weighted by Crippen LogP contribution is -2.34. The van der Waals surface area contributed by atoms with Crippen LogP contribution >= 0.6 is 23.2 Å². The van der Waals surface area contributed by atoms with Gasteiger partial charge in [0.25, 0.3) is 15.6 Å². The van der Waals surface area contributed by atoms with E-state index in [-0.39, 0.29) is 11.4 Å². The van der Waals surface area contributed by atoms with E-state index < -0.39 is 45.0 Å². The van der Waals surface area contributed by atoms with Crippen LogP contribution in [0.3, 0.4) is 0 Å². The summed E-state index contributed by atoms with van der Waals surface area (Å²) in [5, 5.41) is 8.09. The lowest BCUT2D eigenvalue weighted by Gasteiger charge is -2.29. The third-order valence-corrected chi connectivity index (χ3v) is 8.99. The summed E-state index contributed by atoms with van der Waals surface area (Å²) in [4.78, 5) is 22.3. The SMILES string of the molecule is CC(C)=Cc1ccc2n(c1=O)[C@@H](c1ccc(Cl)cc1)[C@@H](c1ccc(Cl)cc1)N2S(=O)(=O)c1ccccc1F.O=C(O)C(F)(F)F. The Bertz CT molecular complexity index is 1920. The van der Waals surface area contributed by atoms with E-state index in [1.807, 2.05) is 13.8 Å². The number of alkyl halides is 3. The molecule has 0 amide bonds. The molecule has 1 aromatic heterocycles. The van der Waals surface area contributed by atoms with Crippen LogP contribution in [0.15, 0.2) is 100 Å². The first-order valence-electron chi connectivity index (χ1n) is 13.0. The highest BCUT2D eigenvalue weighted by molar-refractivity contribution is 7.92. The summed E-state index contributed by atoms with van der Waals surface area (Å²) in [5.41, 5.74) is 2.20. The Hall–Kier alpha value is -4.13. The third-order valence-electron chi connectivity index (χ3n) is 6.66. The second-order valence-corrected chi connectivity index (χ2v) is 12.7. The maximum absolute atomic E-state index is 14.9. The Morgan fingerprint density at radius 2 is 1.33 bits per heavy atom. The standard InChI is InChI=1S/C29H23Cl2FN2O3S.C2HF3O2/c1-18(2)17-21-11-16-26-33(29(21)35)27(19-7-12-22(30)13-8-19)28(20-9-14-23(31)15-10-20)34(26)38(36,37)25-6-4-3-5-24(25)32;3-2(4,5)1(6)7/h3-17,27-28H,1-2H3;(H,6,7)/t27-,28+;/m0./s1. The van der Waals surface area contributed by atoms with Gasteiger partial charge < -0.3 is 5.11 Å². The molecule has 0 spiro atoms. The second-order valence-electron chi connectivity index (χ2n) is 10.1. The number of aromatic nitrogens is 1. The number of benzene rings is 3. The summed E-state index contributed by atoms with van der Waals surface area (Å²) < 4.78 is 77.6. The van der Waals surface area contributed by atoms with Gasteiger partial charge in [-0.05, 0) is 73.5 Å². The third kappa shape index (κ3) is 7.08. The van der Waals surface area contributed by atoms with E-state index in [2.05, 4.69) is 0 Å². The van der Waals surface area contributed by atoms with Gasteiger partial charge in [0.1, 0.15) is 16.5 Å². The van der Waals surface area contributed by atoms with Gasteiger partial charge in [0.05, 0.1) is 12.1 Å². The number of nitrogens with zero attached hydrogens (tertiary/aromatic N) is 2. The molecule has 0 unspecified atom stereocenters. The van der Waals surface area contributed by atoms with Crippen molar-refractivity contribution in [2.24, 2.45) is 0 Å². The maximum Gasteiger partial charge on any atom is 0.490 e. The van der Waals surface area contributed by atoms with Gasteiger partial charge in [-0.25, -0.2) is 21.9 Å². The number of aliphatic carboxylic acids is 1. The van der Waals surface area contributed by atoms with Crippen LogP contribution in [0.2, 0.25) is 10.0 Å². The summed E-state index contributed by atoms with van der Waals surface area (Å²) in [6.07, 6.45) is -3.33. The molecule has 0 aliphatic carbocycles. The Kier molecular flexibility index (Phi) is 9.81. The Morgan fingerprint density at radius 3 is 1.80 bits per heavy atom. The van der Waals surface area contributed by atoms with Crippen LogP contribution in [0.5, 0.6) is 0 Å². The molecular weight excluding hydrogens is 659 g/mol. The molecule has 0 radical (unpaired) electrons. The number of pyridine rings is 1. The molecule has 0 bridgehead atoms. The Balaban J connectivity index is 0.000000591. The molecule has 2 atom stereocenters. The normalized spacial score (nSPS) is 16.0. The van der Waals surface area contributed by atoms with Crippen LogP contribution in [0, 0.1) is 5.82 Å². The summed E-state index contributed by atoms with van der Waals surface area (Å²) in [5.74, 6) is -3.51. The molecule has 1 N–H and O–H groups in total. The van der Waals surface area contributed by atoms with E-state index in [1.54, 1.807) is 66.7 Å². The van der Waals surface area contributed by atoms with E-state index in [0.717, 1.165) is 15.9 Å². The molecule has 7 nitrogen and oxygen atoms in total. The fourth-order valence-corrected chi connectivity index (χ4v) is 6.80. The van der Waals surface area contributed by atoms with Crippen LogP contribution in [0.25, 0.3) is 6.08 Å². The fraction of sp³-hybridized carbons (Fsp3) is 0.161. The highest BCUT2D eigenvalue weighted by Crippen LogP contribution is 2.49. The number of hydrogen-bond donors (Lipinski definition) is 1. The molecule has 5 rings (SSSR count). The van der Waals surface area contributed by atoms with Crippen LogP contribution in [0.1, 0.15) is 42.6 Å². The molecule has 1 aliphatic rings. The van der Waals surface area contributed by atoms with E-state index in [4.69, 9.17) is 33.1 Å². The van der Waals surface area contributed by atoms with Crippen molar-refractivity contribution in [3.63, 3.8) is 0 Å². The van der Waals surface area contributed by atoms with Crippen molar-refractivity contribution in [3.05, 3.63) is 133 Å². The first kappa shape index (κ1) is 33.8. The minimum absolute atomic E-state index is 0.129. The molecule has 0 saturated carbocycles. The van der Waals surface area contributed by atoms with Crippen molar-refractivity contribution < 1.29 is 35.9 Å². The Labute approximate surface area is 265 Å². The number of anilines is 1. The molecule has 1 aliphatic heterocycles. The number of fused-ring (bicyclic) bond motifs is 1. The summed E-state index contributed by atoms with van der Waals surface area (Å²) >= 11 is 12.3. The number of carbonyl (C=O) groups is 1. The van der Waals surface area contributed by atoms with E-state index in [9.17, 15) is 30.8 Å². The van der Waals surface area contributed by atoms with Gasteiger partial charge in [0.2, 0.25) is 0 Å². The molecule has 0 fully saturated rings. The van der Waals surface area contributed by atoms with Gasteiger partial charge >= 0.3 is 12.1 Å². The lowest BCUT2D eigenvalue weighted by atomic mass is 9.94. The first-order chi connectivity index (χ1) is 21.0. The highest BCUT2D eigenvalue weighted by Gasteiger charge is 2.48. The maximum atomic E-state index is 14.9. The zero-order chi connectivity index (χ0) is 33.3. The predicted molar refractivity (Wildman–Crippen MR) is 164 cm³/mol. The van der Waals surface area contributed by atoms with Crippen molar-refractivity contribution in [1.82, 2.24) is 4.57 Å². The minimum Gasteiger partial charge on any atom is -0.475 e. The topological polar surface area (TPSA) is 96.7 Å². The lowest BCUT2D eigenvalue weighted by molar-refractivity contribution is -0.192. The van der Waals surface area contributed by atoms with Crippen LogP contribution in [-0.2, 0) is 14.8 Å². The first-order valence-corrected chi connectivity index (χ1v) is 15.2. The smallest absolute Gasteiger partial charge is 0.475 e. The van der Waals surface area contributed by atoms with Crippen LogP contribution in [0.4, 0.5) is 23.4 Å². The molecule has 0 saturated heterocycles. The van der Waals surface area contributed by atoms with Crippen molar-refractivity contribution >= 4 is 51.1 Å². The average molecular weight is 684 g/mol. The predicted octanol–water partition coefficient (Wildman–Crippen LogP) is 7.89.